The molecule has 0 aliphatic heterocycles. The maximum Gasteiger partial charge on any atom is 0.128 e. The summed E-state index contributed by atoms with van der Waals surface area (Å²) in [7, 11) is 0. The normalized spacial score (nSPS) is 23.0. The average Bonchev–Trinajstić information content (AvgIpc) is 2.45. The fourth-order valence-electron chi connectivity index (χ4n) is 3.26. The van der Waals surface area contributed by atoms with Crippen LogP contribution in [0.3, 0.4) is 0 Å². The highest BCUT2D eigenvalue weighted by atomic mass is 16.3. The van der Waals surface area contributed by atoms with Crippen LogP contribution in [0, 0.1) is 0 Å². The van der Waals surface area contributed by atoms with Gasteiger partial charge in [-0.25, -0.2) is 0 Å². The molecule has 0 saturated heterocycles. The molecule has 1 aliphatic rings. The Balaban J connectivity index is 2.44. The molecular weight excluding hydrogens is 296 g/mol. The van der Waals surface area contributed by atoms with Crippen LogP contribution in [-0.2, 0) is 10.8 Å². The molecule has 0 amide bonds. The van der Waals surface area contributed by atoms with E-state index in [2.05, 4.69) is 53.7 Å². The first-order valence-electron chi connectivity index (χ1n) is 9.17. The Kier molecular flexibility index (Phi) is 5.44. The summed E-state index contributed by atoms with van der Waals surface area (Å²) in [5.74, 6) is 0.351. The Labute approximate surface area is 147 Å². The van der Waals surface area contributed by atoms with Crippen LogP contribution in [0.25, 0.3) is 0 Å². The Morgan fingerprint density at radius 2 is 1.67 bits per heavy atom. The number of nitrogens with two attached hydrogens (primary N) is 1. The zero-order chi connectivity index (χ0) is 18.1. The minimum atomic E-state index is -0.116. The highest BCUT2D eigenvalue weighted by Crippen LogP contribution is 2.37. The van der Waals surface area contributed by atoms with Crippen LogP contribution in [0.5, 0.6) is 5.75 Å². The van der Waals surface area contributed by atoms with E-state index in [1.807, 2.05) is 6.21 Å². The van der Waals surface area contributed by atoms with Gasteiger partial charge in [0.05, 0.1) is 6.04 Å². The van der Waals surface area contributed by atoms with Crippen molar-refractivity contribution < 1.29 is 5.11 Å². The van der Waals surface area contributed by atoms with Crippen molar-refractivity contribution in [2.45, 2.75) is 90.1 Å². The van der Waals surface area contributed by atoms with Crippen molar-refractivity contribution >= 4 is 6.21 Å². The van der Waals surface area contributed by atoms with Gasteiger partial charge in [0, 0.05) is 23.4 Å². The third-order valence-electron chi connectivity index (χ3n) is 5.00. The van der Waals surface area contributed by atoms with Gasteiger partial charge in [0.25, 0.3) is 0 Å². The van der Waals surface area contributed by atoms with E-state index < -0.39 is 0 Å². The van der Waals surface area contributed by atoms with E-state index >= 15 is 0 Å². The van der Waals surface area contributed by atoms with E-state index in [1.54, 1.807) is 0 Å². The average molecular weight is 331 g/mol. The number of nitrogens with zero attached hydrogens (tertiary/aromatic N) is 1. The summed E-state index contributed by atoms with van der Waals surface area (Å²) < 4.78 is 0. The van der Waals surface area contributed by atoms with Gasteiger partial charge in [0.15, 0.2) is 0 Å². The summed E-state index contributed by atoms with van der Waals surface area (Å²) in [6.45, 7) is 13.0. The van der Waals surface area contributed by atoms with Crippen molar-refractivity contribution in [3.8, 4) is 5.75 Å². The van der Waals surface area contributed by atoms with Gasteiger partial charge >= 0.3 is 0 Å². The zero-order valence-corrected chi connectivity index (χ0v) is 16.2. The summed E-state index contributed by atoms with van der Waals surface area (Å²) >= 11 is 0. The molecule has 0 bridgehead atoms. The first kappa shape index (κ1) is 19.0. The van der Waals surface area contributed by atoms with Gasteiger partial charge in [-0.2, -0.15) is 0 Å². The summed E-state index contributed by atoms with van der Waals surface area (Å²) in [5, 5.41) is 10.8. The molecule has 1 aliphatic carbocycles. The summed E-state index contributed by atoms with van der Waals surface area (Å²) in [6, 6.07) is 4.53. The molecule has 0 heterocycles. The van der Waals surface area contributed by atoms with Gasteiger partial charge in [-0.05, 0) is 35.3 Å². The molecule has 0 unspecified atom stereocenters. The van der Waals surface area contributed by atoms with E-state index in [0.29, 0.717) is 5.75 Å². The molecule has 1 aromatic rings. The molecule has 3 heteroatoms. The lowest BCUT2D eigenvalue weighted by molar-refractivity contribution is 0.387. The van der Waals surface area contributed by atoms with Crippen LogP contribution in [-0.4, -0.2) is 23.4 Å². The molecule has 2 rings (SSSR count). The summed E-state index contributed by atoms with van der Waals surface area (Å²) in [6.07, 6.45) is 6.32. The molecule has 0 spiro atoms. The molecule has 24 heavy (non-hydrogen) atoms. The molecule has 1 aromatic carbocycles. The van der Waals surface area contributed by atoms with E-state index in [0.717, 1.165) is 24.0 Å². The van der Waals surface area contributed by atoms with Gasteiger partial charge < -0.3 is 10.8 Å². The lowest BCUT2D eigenvalue weighted by Crippen LogP contribution is -2.36. The molecule has 3 N–H and O–H groups in total. The highest BCUT2D eigenvalue weighted by Gasteiger charge is 2.25. The second kappa shape index (κ2) is 6.87. The number of benzene rings is 1. The number of aromatic hydroxyl groups is 1. The standard InChI is InChI=1S/C21H34N2O/c1-20(2,3)15-11-14(19(24)16(12-15)21(4,5)6)13-23-18-10-8-7-9-17(18)22/h11-13,17-18,24H,7-10,22H2,1-6H3/t17-,18+/m1/s1. The number of phenolic OH excluding ortho intramolecular Hbond substituents is 1. The monoisotopic (exact) mass is 330 g/mol. The number of rotatable bonds is 2. The maximum atomic E-state index is 10.8. The van der Waals surface area contributed by atoms with Gasteiger partial charge in [0.2, 0.25) is 0 Å². The minimum Gasteiger partial charge on any atom is -0.507 e. The van der Waals surface area contributed by atoms with Crippen molar-refractivity contribution in [1.29, 1.82) is 0 Å². The third-order valence-corrected chi connectivity index (χ3v) is 5.00. The molecule has 134 valence electrons. The number of hydrogen-bond acceptors (Lipinski definition) is 3. The van der Waals surface area contributed by atoms with Crippen LogP contribution < -0.4 is 5.73 Å². The smallest absolute Gasteiger partial charge is 0.128 e. The second-order valence-electron chi connectivity index (χ2n) is 9.26. The van der Waals surface area contributed by atoms with Crippen LogP contribution in [0.2, 0.25) is 0 Å². The highest BCUT2D eigenvalue weighted by molar-refractivity contribution is 5.85. The molecule has 0 radical (unpaired) electrons. The van der Waals surface area contributed by atoms with Gasteiger partial charge in [0.1, 0.15) is 5.75 Å². The maximum absolute atomic E-state index is 10.8. The molecule has 1 fully saturated rings. The molecule has 0 aromatic heterocycles. The minimum absolute atomic E-state index is 0.0253. The third kappa shape index (κ3) is 4.38. The second-order valence-corrected chi connectivity index (χ2v) is 9.26. The molecule has 2 atom stereocenters. The Morgan fingerprint density at radius 1 is 1.04 bits per heavy atom. The van der Waals surface area contributed by atoms with Crippen LogP contribution in [0.15, 0.2) is 17.1 Å². The predicted molar refractivity (Wildman–Crippen MR) is 103 cm³/mol. The van der Waals surface area contributed by atoms with Crippen LogP contribution in [0.4, 0.5) is 0 Å². The number of phenols is 1. The Morgan fingerprint density at radius 3 is 2.21 bits per heavy atom. The Hall–Kier alpha value is -1.35. The van der Waals surface area contributed by atoms with E-state index in [1.165, 1.54) is 18.4 Å². The topological polar surface area (TPSA) is 58.6 Å². The SMILES string of the molecule is CC(C)(C)c1cc(C=N[C@H]2CCCC[C@H]2N)c(O)c(C(C)(C)C)c1. The van der Waals surface area contributed by atoms with Gasteiger partial charge in [-0.15, -0.1) is 0 Å². The fraction of sp³-hybridized carbons (Fsp3) is 0.667. The predicted octanol–water partition coefficient (Wildman–Crippen LogP) is 4.68. The summed E-state index contributed by atoms with van der Waals surface area (Å²) in [4.78, 5) is 4.73. The van der Waals surface area contributed by atoms with Crippen molar-refractivity contribution in [3.63, 3.8) is 0 Å². The summed E-state index contributed by atoms with van der Waals surface area (Å²) in [5.41, 5.74) is 9.12. The van der Waals surface area contributed by atoms with Gasteiger partial charge in [-0.3, -0.25) is 4.99 Å². The Bertz CT molecular complexity index is 605. The van der Waals surface area contributed by atoms with E-state index in [-0.39, 0.29) is 22.9 Å². The number of hydrogen-bond donors (Lipinski definition) is 2. The van der Waals surface area contributed by atoms with Crippen molar-refractivity contribution in [2.75, 3.05) is 0 Å². The van der Waals surface area contributed by atoms with E-state index in [9.17, 15) is 5.11 Å². The zero-order valence-electron chi connectivity index (χ0n) is 16.2. The molecule has 3 nitrogen and oxygen atoms in total. The van der Waals surface area contributed by atoms with Gasteiger partial charge in [-0.1, -0.05) is 60.5 Å². The quantitative estimate of drug-likeness (QED) is 0.774. The molecular formula is C21H34N2O. The van der Waals surface area contributed by atoms with Crippen LogP contribution in [0.1, 0.15) is 83.9 Å². The first-order valence-corrected chi connectivity index (χ1v) is 9.17. The van der Waals surface area contributed by atoms with E-state index in [4.69, 9.17) is 10.7 Å². The first-order chi connectivity index (χ1) is 11.0. The van der Waals surface area contributed by atoms with Crippen molar-refractivity contribution in [3.05, 3.63) is 28.8 Å². The lowest BCUT2D eigenvalue weighted by Gasteiger charge is -2.27. The van der Waals surface area contributed by atoms with Crippen molar-refractivity contribution in [1.82, 2.24) is 0 Å². The molecule has 1 saturated carbocycles. The largest absolute Gasteiger partial charge is 0.507 e. The fourth-order valence-corrected chi connectivity index (χ4v) is 3.26. The number of aliphatic imine (C=N–C) groups is 1. The van der Waals surface area contributed by atoms with Crippen LogP contribution >= 0.6 is 0 Å². The van der Waals surface area contributed by atoms with Crippen molar-refractivity contribution in [2.24, 2.45) is 10.7 Å². The lowest BCUT2D eigenvalue weighted by atomic mass is 9.79.